The predicted molar refractivity (Wildman–Crippen MR) is 70.0 cm³/mol. The van der Waals surface area contributed by atoms with Gasteiger partial charge in [-0.25, -0.2) is 0 Å². The van der Waals surface area contributed by atoms with Crippen LogP contribution in [0, 0.1) is 0 Å². The molecule has 0 aliphatic rings. The molecule has 0 spiro atoms. The van der Waals surface area contributed by atoms with Gasteiger partial charge < -0.3 is 5.32 Å². The summed E-state index contributed by atoms with van der Waals surface area (Å²) in [4.78, 5) is 1.19. The van der Waals surface area contributed by atoms with Crippen LogP contribution in [0.2, 0.25) is 5.02 Å². The summed E-state index contributed by atoms with van der Waals surface area (Å²) in [5, 5.41) is 4.25. The lowest BCUT2D eigenvalue weighted by molar-refractivity contribution is 0.664. The Bertz CT molecular complexity index is 278. The Morgan fingerprint density at radius 2 is 2.07 bits per heavy atom. The molecule has 0 saturated carbocycles. The Labute approximate surface area is 102 Å². The zero-order valence-electron chi connectivity index (χ0n) is 9.13. The number of nitrogens with one attached hydrogen (secondary N) is 1. The van der Waals surface area contributed by atoms with Crippen molar-refractivity contribution in [1.82, 2.24) is 5.32 Å². The molecule has 0 aliphatic heterocycles. The summed E-state index contributed by atoms with van der Waals surface area (Å²) in [6, 6.07) is 8.02. The fourth-order valence-electron chi connectivity index (χ4n) is 1.24. The molecule has 0 amide bonds. The van der Waals surface area contributed by atoms with Crippen molar-refractivity contribution in [2.24, 2.45) is 0 Å². The number of hydrogen-bond acceptors (Lipinski definition) is 2. The van der Waals surface area contributed by atoms with Gasteiger partial charge in [0.05, 0.1) is 5.02 Å². The van der Waals surface area contributed by atoms with Crippen LogP contribution in [0.5, 0.6) is 0 Å². The number of halogens is 1. The molecule has 84 valence electrons. The molecular weight excluding hydrogens is 226 g/mol. The first-order valence-corrected chi connectivity index (χ1v) is 6.79. The molecule has 1 aromatic carbocycles. The maximum absolute atomic E-state index is 6.05. The maximum atomic E-state index is 6.05. The minimum Gasteiger partial charge on any atom is -0.317 e. The standard InChI is InChI=1S/C12H18ClNS/c1-2-8-14-9-5-10-15-12-7-4-3-6-11(12)13/h3-4,6-7,14H,2,5,8-10H2,1H3. The van der Waals surface area contributed by atoms with Crippen LogP contribution in [0.15, 0.2) is 29.2 Å². The van der Waals surface area contributed by atoms with E-state index in [0.29, 0.717) is 0 Å². The second-order valence-corrected chi connectivity index (χ2v) is 4.93. The highest BCUT2D eigenvalue weighted by Crippen LogP contribution is 2.26. The zero-order chi connectivity index (χ0) is 10.9. The van der Waals surface area contributed by atoms with Gasteiger partial charge in [0.15, 0.2) is 0 Å². The predicted octanol–water partition coefficient (Wildman–Crippen LogP) is 3.82. The Kier molecular flexibility index (Phi) is 6.90. The van der Waals surface area contributed by atoms with Crippen molar-refractivity contribution in [2.75, 3.05) is 18.8 Å². The van der Waals surface area contributed by atoms with E-state index in [1.807, 2.05) is 30.0 Å². The van der Waals surface area contributed by atoms with Crippen molar-refractivity contribution in [3.8, 4) is 0 Å². The van der Waals surface area contributed by atoms with Crippen LogP contribution in [0.1, 0.15) is 19.8 Å². The van der Waals surface area contributed by atoms with Crippen LogP contribution in [-0.2, 0) is 0 Å². The Hall–Kier alpha value is -0.180. The molecule has 1 N–H and O–H groups in total. The monoisotopic (exact) mass is 243 g/mol. The summed E-state index contributed by atoms with van der Waals surface area (Å²) in [5.41, 5.74) is 0. The molecule has 15 heavy (non-hydrogen) atoms. The fraction of sp³-hybridized carbons (Fsp3) is 0.500. The van der Waals surface area contributed by atoms with Gasteiger partial charge in [0.2, 0.25) is 0 Å². The molecule has 0 heterocycles. The fourth-order valence-corrected chi connectivity index (χ4v) is 2.43. The normalized spacial score (nSPS) is 10.5. The summed E-state index contributed by atoms with van der Waals surface area (Å²) in [7, 11) is 0. The topological polar surface area (TPSA) is 12.0 Å². The molecule has 1 aromatic rings. The third-order valence-electron chi connectivity index (χ3n) is 2.02. The van der Waals surface area contributed by atoms with Crippen molar-refractivity contribution < 1.29 is 0 Å². The third-order valence-corrected chi connectivity index (χ3v) is 3.62. The highest BCUT2D eigenvalue weighted by atomic mass is 35.5. The van der Waals surface area contributed by atoms with Crippen molar-refractivity contribution in [3.63, 3.8) is 0 Å². The van der Waals surface area contributed by atoms with Crippen LogP contribution in [0.3, 0.4) is 0 Å². The van der Waals surface area contributed by atoms with Crippen molar-refractivity contribution in [1.29, 1.82) is 0 Å². The molecular formula is C12H18ClNS. The lowest BCUT2D eigenvalue weighted by Gasteiger charge is -2.04. The summed E-state index contributed by atoms with van der Waals surface area (Å²) in [6.07, 6.45) is 2.40. The summed E-state index contributed by atoms with van der Waals surface area (Å²) in [6.45, 7) is 4.41. The van der Waals surface area contributed by atoms with E-state index < -0.39 is 0 Å². The van der Waals surface area contributed by atoms with E-state index in [2.05, 4.69) is 18.3 Å². The number of thioether (sulfide) groups is 1. The maximum Gasteiger partial charge on any atom is 0.0541 e. The molecule has 0 unspecified atom stereocenters. The first kappa shape index (κ1) is 12.9. The molecule has 3 heteroatoms. The van der Waals surface area contributed by atoms with Gasteiger partial charge in [-0.2, -0.15) is 0 Å². The van der Waals surface area contributed by atoms with E-state index in [4.69, 9.17) is 11.6 Å². The van der Waals surface area contributed by atoms with E-state index in [1.165, 1.54) is 17.7 Å². The molecule has 0 atom stereocenters. The van der Waals surface area contributed by atoms with Crippen molar-refractivity contribution >= 4 is 23.4 Å². The molecule has 1 nitrogen and oxygen atoms in total. The van der Waals surface area contributed by atoms with Gasteiger partial charge >= 0.3 is 0 Å². The molecule has 0 saturated heterocycles. The van der Waals surface area contributed by atoms with E-state index in [0.717, 1.165) is 23.9 Å². The molecule has 0 aliphatic carbocycles. The van der Waals surface area contributed by atoms with Crippen LogP contribution < -0.4 is 5.32 Å². The first-order chi connectivity index (χ1) is 7.34. The van der Waals surface area contributed by atoms with Gasteiger partial charge in [-0.1, -0.05) is 30.7 Å². The number of hydrogen-bond donors (Lipinski definition) is 1. The Morgan fingerprint density at radius 1 is 1.27 bits per heavy atom. The molecule has 0 aromatic heterocycles. The molecule has 1 rings (SSSR count). The molecule has 0 fully saturated rings. The van der Waals surface area contributed by atoms with E-state index in [9.17, 15) is 0 Å². The summed E-state index contributed by atoms with van der Waals surface area (Å²) < 4.78 is 0. The third kappa shape index (κ3) is 5.45. The van der Waals surface area contributed by atoms with E-state index in [-0.39, 0.29) is 0 Å². The van der Waals surface area contributed by atoms with Gasteiger partial charge in [-0.15, -0.1) is 11.8 Å². The second kappa shape index (κ2) is 8.03. The lowest BCUT2D eigenvalue weighted by atomic mass is 10.4. The molecule has 0 radical (unpaired) electrons. The van der Waals surface area contributed by atoms with Gasteiger partial charge in [-0.05, 0) is 43.8 Å². The van der Waals surface area contributed by atoms with Gasteiger partial charge in [0.1, 0.15) is 0 Å². The van der Waals surface area contributed by atoms with Crippen LogP contribution in [0.4, 0.5) is 0 Å². The van der Waals surface area contributed by atoms with Crippen molar-refractivity contribution in [2.45, 2.75) is 24.7 Å². The highest BCUT2D eigenvalue weighted by Gasteiger charge is 1.98. The van der Waals surface area contributed by atoms with Gasteiger partial charge in [0.25, 0.3) is 0 Å². The average Bonchev–Trinajstić information content (AvgIpc) is 2.25. The quantitative estimate of drug-likeness (QED) is 0.577. The van der Waals surface area contributed by atoms with Crippen LogP contribution in [-0.4, -0.2) is 18.8 Å². The average molecular weight is 244 g/mol. The Balaban J connectivity index is 2.12. The zero-order valence-corrected chi connectivity index (χ0v) is 10.7. The van der Waals surface area contributed by atoms with Crippen LogP contribution >= 0.6 is 23.4 Å². The summed E-state index contributed by atoms with van der Waals surface area (Å²) >= 11 is 7.88. The SMILES string of the molecule is CCCNCCCSc1ccccc1Cl. The largest absolute Gasteiger partial charge is 0.317 e. The van der Waals surface area contributed by atoms with Crippen molar-refractivity contribution in [3.05, 3.63) is 29.3 Å². The van der Waals surface area contributed by atoms with E-state index >= 15 is 0 Å². The minimum absolute atomic E-state index is 0.865. The first-order valence-electron chi connectivity index (χ1n) is 5.42. The minimum atomic E-state index is 0.865. The lowest BCUT2D eigenvalue weighted by Crippen LogP contribution is -2.16. The molecule has 0 bridgehead atoms. The summed E-state index contributed by atoms with van der Waals surface area (Å²) in [5.74, 6) is 1.13. The van der Waals surface area contributed by atoms with Gasteiger partial charge in [-0.3, -0.25) is 0 Å². The second-order valence-electron chi connectivity index (χ2n) is 3.38. The van der Waals surface area contributed by atoms with Crippen LogP contribution in [0.25, 0.3) is 0 Å². The smallest absolute Gasteiger partial charge is 0.0541 e. The highest BCUT2D eigenvalue weighted by molar-refractivity contribution is 7.99. The Morgan fingerprint density at radius 3 is 2.80 bits per heavy atom. The number of rotatable bonds is 7. The van der Waals surface area contributed by atoms with E-state index in [1.54, 1.807) is 0 Å². The number of benzene rings is 1. The van der Waals surface area contributed by atoms with Gasteiger partial charge in [0, 0.05) is 4.90 Å².